The first-order valence-electron chi connectivity index (χ1n) is 6.01. The summed E-state index contributed by atoms with van der Waals surface area (Å²) in [5, 5.41) is 0. The number of nitrogens with zero attached hydrogens (tertiary/aromatic N) is 1. The lowest BCUT2D eigenvalue weighted by atomic mass is 10.0. The molecule has 0 saturated heterocycles. The molecule has 1 aliphatic rings. The Morgan fingerprint density at radius 2 is 2.21 bits per heavy atom. The summed E-state index contributed by atoms with van der Waals surface area (Å²) in [5.41, 5.74) is 4.75. The number of rotatable bonds is 3. The molecule has 1 heteroatoms. The largest absolute Gasteiger partial charge is 0.349 e. The van der Waals surface area contributed by atoms with Crippen molar-refractivity contribution in [3.63, 3.8) is 0 Å². The Morgan fingerprint density at radius 3 is 3.00 bits per heavy atom. The molecule has 14 heavy (non-hydrogen) atoms. The zero-order valence-corrected chi connectivity index (χ0v) is 9.47. The first-order chi connectivity index (χ1) is 6.83. The maximum absolute atomic E-state index is 2.54. The van der Waals surface area contributed by atoms with E-state index in [1.807, 2.05) is 0 Å². The molecule has 0 spiro atoms. The third kappa shape index (κ3) is 1.73. The van der Waals surface area contributed by atoms with Crippen molar-refractivity contribution >= 4 is 0 Å². The fraction of sp³-hybridized carbons (Fsp3) is 0.692. The average Bonchev–Trinajstić information content (AvgIpc) is 2.54. The third-order valence-electron chi connectivity index (χ3n) is 3.35. The lowest BCUT2D eigenvalue weighted by Gasteiger charge is -2.18. The molecule has 0 atom stereocenters. The van der Waals surface area contributed by atoms with Crippen LogP contribution >= 0.6 is 0 Å². The summed E-state index contributed by atoms with van der Waals surface area (Å²) in [6.07, 6.45) is 8.02. The predicted octanol–water partition coefficient (Wildman–Crippen LogP) is 3.48. The highest BCUT2D eigenvalue weighted by atomic mass is 15.0. The Bertz CT molecular complexity index is 309. The van der Waals surface area contributed by atoms with Crippen LogP contribution in [0.15, 0.2) is 6.07 Å². The van der Waals surface area contributed by atoms with Crippen molar-refractivity contribution in [2.45, 2.75) is 58.9 Å². The quantitative estimate of drug-likeness (QED) is 0.689. The van der Waals surface area contributed by atoms with Gasteiger partial charge in [0.15, 0.2) is 0 Å². The van der Waals surface area contributed by atoms with Gasteiger partial charge in [-0.3, -0.25) is 0 Å². The molecule has 1 aromatic heterocycles. The molecule has 78 valence electrons. The van der Waals surface area contributed by atoms with Crippen molar-refractivity contribution in [1.82, 2.24) is 4.57 Å². The van der Waals surface area contributed by atoms with E-state index in [9.17, 15) is 0 Å². The second-order valence-electron chi connectivity index (χ2n) is 4.47. The molecule has 1 aromatic rings. The Balaban J connectivity index is 2.23. The first-order valence-corrected chi connectivity index (χ1v) is 6.01. The summed E-state index contributed by atoms with van der Waals surface area (Å²) in [4.78, 5) is 0. The van der Waals surface area contributed by atoms with Gasteiger partial charge >= 0.3 is 0 Å². The molecular formula is C13H21N. The highest BCUT2D eigenvalue weighted by Gasteiger charge is 2.15. The highest BCUT2D eigenvalue weighted by molar-refractivity contribution is 5.29. The second-order valence-corrected chi connectivity index (χ2v) is 4.47. The molecule has 0 amide bonds. The Labute approximate surface area is 87.1 Å². The number of aryl methyl sites for hydroxylation is 2. The number of fused-ring (bicyclic) bond motifs is 1. The van der Waals surface area contributed by atoms with Crippen LogP contribution in [0.4, 0.5) is 0 Å². The minimum atomic E-state index is 1.26. The maximum Gasteiger partial charge on any atom is 0.0225 e. The van der Waals surface area contributed by atoms with E-state index in [1.54, 1.807) is 11.3 Å². The van der Waals surface area contributed by atoms with E-state index in [1.165, 1.54) is 50.8 Å². The van der Waals surface area contributed by atoms with Gasteiger partial charge in [-0.2, -0.15) is 0 Å². The van der Waals surface area contributed by atoms with E-state index >= 15 is 0 Å². The van der Waals surface area contributed by atoms with Crippen LogP contribution in [0.3, 0.4) is 0 Å². The number of aromatic nitrogens is 1. The fourth-order valence-electron chi connectivity index (χ4n) is 2.55. The SMILES string of the molecule is CCCCc1cc(C)n2c1CCCC2. The minimum Gasteiger partial charge on any atom is -0.349 e. The van der Waals surface area contributed by atoms with Crippen molar-refractivity contribution in [3.05, 3.63) is 23.0 Å². The maximum atomic E-state index is 2.54. The van der Waals surface area contributed by atoms with Crippen molar-refractivity contribution in [1.29, 1.82) is 0 Å². The number of hydrogen-bond acceptors (Lipinski definition) is 0. The zero-order chi connectivity index (χ0) is 9.97. The van der Waals surface area contributed by atoms with Gasteiger partial charge < -0.3 is 4.57 Å². The summed E-state index contributed by atoms with van der Waals surface area (Å²) in [7, 11) is 0. The average molecular weight is 191 g/mol. The number of hydrogen-bond donors (Lipinski definition) is 0. The molecule has 1 nitrogen and oxygen atoms in total. The summed E-state index contributed by atoms with van der Waals surface area (Å²) in [5.74, 6) is 0. The summed E-state index contributed by atoms with van der Waals surface area (Å²) >= 11 is 0. The molecule has 2 heterocycles. The number of unbranched alkanes of at least 4 members (excludes halogenated alkanes) is 1. The van der Waals surface area contributed by atoms with E-state index in [2.05, 4.69) is 24.5 Å². The molecule has 0 aromatic carbocycles. The molecular weight excluding hydrogens is 170 g/mol. The minimum absolute atomic E-state index is 1.26. The Hall–Kier alpha value is -0.720. The molecule has 2 rings (SSSR count). The van der Waals surface area contributed by atoms with Gasteiger partial charge in [-0.15, -0.1) is 0 Å². The first kappa shape index (κ1) is 9.82. The van der Waals surface area contributed by atoms with Gasteiger partial charge in [-0.25, -0.2) is 0 Å². The normalized spacial score (nSPS) is 15.6. The molecule has 0 fully saturated rings. The molecule has 0 saturated carbocycles. The molecule has 0 aliphatic carbocycles. The van der Waals surface area contributed by atoms with Gasteiger partial charge in [-0.05, 0) is 50.7 Å². The summed E-state index contributed by atoms with van der Waals surface area (Å²) in [6.45, 7) is 5.78. The van der Waals surface area contributed by atoms with Gasteiger partial charge in [0.05, 0.1) is 0 Å². The van der Waals surface area contributed by atoms with Gasteiger partial charge in [-0.1, -0.05) is 13.3 Å². The van der Waals surface area contributed by atoms with Crippen LogP contribution in [-0.4, -0.2) is 4.57 Å². The van der Waals surface area contributed by atoms with Crippen LogP contribution < -0.4 is 0 Å². The van der Waals surface area contributed by atoms with Crippen LogP contribution in [0.1, 0.15) is 49.6 Å². The smallest absolute Gasteiger partial charge is 0.0225 e. The van der Waals surface area contributed by atoms with E-state index in [-0.39, 0.29) is 0 Å². The lowest BCUT2D eigenvalue weighted by molar-refractivity contribution is 0.520. The molecule has 0 radical (unpaired) electrons. The van der Waals surface area contributed by atoms with E-state index in [4.69, 9.17) is 0 Å². The van der Waals surface area contributed by atoms with E-state index in [0.29, 0.717) is 0 Å². The molecule has 0 bridgehead atoms. The van der Waals surface area contributed by atoms with Crippen LogP contribution in [0.2, 0.25) is 0 Å². The van der Waals surface area contributed by atoms with E-state index in [0.717, 1.165) is 0 Å². The monoisotopic (exact) mass is 191 g/mol. The van der Waals surface area contributed by atoms with Crippen LogP contribution in [0, 0.1) is 6.92 Å². The Morgan fingerprint density at radius 1 is 1.36 bits per heavy atom. The summed E-state index contributed by atoms with van der Waals surface area (Å²) < 4.78 is 2.54. The van der Waals surface area contributed by atoms with E-state index < -0.39 is 0 Å². The van der Waals surface area contributed by atoms with Gasteiger partial charge in [0, 0.05) is 17.9 Å². The van der Waals surface area contributed by atoms with Crippen LogP contribution in [0.25, 0.3) is 0 Å². The fourth-order valence-corrected chi connectivity index (χ4v) is 2.55. The third-order valence-corrected chi connectivity index (χ3v) is 3.35. The van der Waals surface area contributed by atoms with Crippen LogP contribution in [-0.2, 0) is 19.4 Å². The van der Waals surface area contributed by atoms with Crippen molar-refractivity contribution in [3.8, 4) is 0 Å². The van der Waals surface area contributed by atoms with Gasteiger partial charge in [0.25, 0.3) is 0 Å². The van der Waals surface area contributed by atoms with Crippen molar-refractivity contribution in [2.24, 2.45) is 0 Å². The Kier molecular flexibility index (Phi) is 2.95. The predicted molar refractivity (Wildman–Crippen MR) is 60.7 cm³/mol. The lowest BCUT2D eigenvalue weighted by Crippen LogP contribution is -2.12. The molecule has 0 unspecified atom stereocenters. The van der Waals surface area contributed by atoms with Gasteiger partial charge in [0.2, 0.25) is 0 Å². The van der Waals surface area contributed by atoms with Crippen molar-refractivity contribution < 1.29 is 0 Å². The highest BCUT2D eigenvalue weighted by Crippen LogP contribution is 2.24. The molecule has 1 aliphatic heterocycles. The topological polar surface area (TPSA) is 4.93 Å². The van der Waals surface area contributed by atoms with Gasteiger partial charge in [0.1, 0.15) is 0 Å². The second kappa shape index (κ2) is 4.20. The van der Waals surface area contributed by atoms with Crippen molar-refractivity contribution in [2.75, 3.05) is 0 Å². The summed E-state index contributed by atoms with van der Waals surface area (Å²) in [6, 6.07) is 2.41. The van der Waals surface area contributed by atoms with Crippen LogP contribution in [0.5, 0.6) is 0 Å². The molecule has 0 N–H and O–H groups in total. The standard InChI is InChI=1S/C13H21N/c1-3-4-7-12-10-11(2)14-9-6-5-8-13(12)14/h10H,3-9H2,1-2H3. The zero-order valence-electron chi connectivity index (χ0n) is 9.47.